The lowest BCUT2D eigenvalue weighted by Gasteiger charge is -1.98. The first-order valence-corrected chi connectivity index (χ1v) is 12.1. The van der Waals surface area contributed by atoms with Gasteiger partial charge in [0.15, 0.2) is 8.68 Å². The van der Waals surface area contributed by atoms with Gasteiger partial charge in [-0.15, -0.1) is 10.2 Å². The van der Waals surface area contributed by atoms with Crippen molar-refractivity contribution in [1.82, 2.24) is 15.6 Å². The molecule has 0 spiro atoms. The number of hydrogen-bond acceptors (Lipinski definition) is 7. The molecule has 3 aromatic rings. The lowest BCUT2D eigenvalue weighted by Crippen LogP contribution is -2.19. The predicted molar refractivity (Wildman–Crippen MR) is 127 cm³/mol. The quantitative estimate of drug-likeness (QED) is 0.238. The highest BCUT2D eigenvalue weighted by Crippen LogP contribution is 2.30. The molecule has 0 fully saturated rings. The van der Waals surface area contributed by atoms with Gasteiger partial charge in [-0.2, -0.15) is 5.10 Å². The molecular formula is C20H17BrN4OS3. The van der Waals surface area contributed by atoms with Crippen molar-refractivity contribution in [3.63, 3.8) is 0 Å². The molecule has 1 heterocycles. The number of thioether (sulfide) groups is 2. The van der Waals surface area contributed by atoms with E-state index in [-0.39, 0.29) is 11.7 Å². The molecule has 9 heteroatoms. The summed E-state index contributed by atoms with van der Waals surface area (Å²) in [6, 6.07) is 20.1. The Morgan fingerprint density at radius 1 is 1.03 bits per heavy atom. The smallest absolute Gasteiger partial charge is 0.250 e. The maximum atomic E-state index is 11.9. The fraction of sp³-hybridized carbons (Fsp3) is 0.100. The monoisotopic (exact) mass is 504 g/mol. The van der Waals surface area contributed by atoms with Gasteiger partial charge < -0.3 is 0 Å². The van der Waals surface area contributed by atoms with Gasteiger partial charge in [0.05, 0.1) is 12.0 Å². The molecule has 0 aliphatic heterocycles. The van der Waals surface area contributed by atoms with Crippen molar-refractivity contribution in [1.29, 1.82) is 0 Å². The highest BCUT2D eigenvalue weighted by atomic mass is 79.9. The largest absolute Gasteiger partial charge is 0.272 e. The van der Waals surface area contributed by atoms with Crippen LogP contribution in [0.3, 0.4) is 0 Å². The summed E-state index contributed by atoms with van der Waals surface area (Å²) in [6.07, 6.45) is 3.47. The predicted octanol–water partition coefficient (Wildman–Crippen LogP) is 5.46. The fourth-order valence-corrected chi connectivity index (χ4v) is 5.24. The molecule has 0 bridgehead atoms. The molecule has 0 unspecified atom stereocenters. The minimum Gasteiger partial charge on any atom is -0.272 e. The van der Waals surface area contributed by atoms with Crippen molar-refractivity contribution in [3.8, 4) is 0 Å². The number of hydrazone groups is 1. The molecule has 2 aromatic carbocycles. The Balaban J connectivity index is 1.39. The number of halogens is 1. The first kappa shape index (κ1) is 21.8. The van der Waals surface area contributed by atoms with Gasteiger partial charge in [-0.05, 0) is 33.1 Å². The van der Waals surface area contributed by atoms with Gasteiger partial charge in [0.2, 0.25) is 0 Å². The van der Waals surface area contributed by atoms with Gasteiger partial charge in [-0.1, -0.05) is 95.5 Å². The Kier molecular flexibility index (Phi) is 8.94. The van der Waals surface area contributed by atoms with Gasteiger partial charge in [0.25, 0.3) is 5.91 Å². The summed E-state index contributed by atoms with van der Waals surface area (Å²) in [5, 5.41) is 12.3. The van der Waals surface area contributed by atoms with Crippen LogP contribution < -0.4 is 5.43 Å². The normalized spacial score (nSPS) is 11.7. The summed E-state index contributed by atoms with van der Waals surface area (Å²) < 4.78 is 2.43. The number of nitrogens with zero attached hydrogens (tertiary/aromatic N) is 3. The van der Waals surface area contributed by atoms with Crippen molar-refractivity contribution < 1.29 is 4.79 Å². The van der Waals surface area contributed by atoms with Crippen LogP contribution in [0.4, 0.5) is 0 Å². The molecule has 5 nitrogen and oxygen atoms in total. The third kappa shape index (κ3) is 8.14. The lowest BCUT2D eigenvalue weighted by molar-refractivity contribution is -0.118. The van der Waals surface area contributed by atoms with Crippen LogP contribution >= 0.6 is 50.8 Å². The topological polar surface area (TPSA) is 67.2 Å². The molecule has 1 N–H and O–H groups in total. The number of hydrogen-bond donors (Lipinski definition) is 1. The number of rotatable bonds is 9. The zero-order valence-corrected chi connectivity index (χ0v) is 19.2. The van der Waals surface area contributed by atoms with Crippen molar-refractivity contribution in [2.75, 3.05) is 5.75 Å². The standard InChI is InChI=1S/C20H17BrN4OS3/c21-17(11-15-7-3-1-4-8-15)12-22-23-18(26)14-28-20-25-24-19(29-20)27-13-16-9-5-2-6-10-16/h1-12H,13-14H2,(H,23,26)/b17-11-,22-12+. The van der Waals surface area contributed by atoms with Gasteiger partial charge in [0.1, 0.15) is 0 Å². The average molecular weight is 505 g/mol. The molecule has 148 valence electrons. The SMILES string of the molecule is O=C(CSc1nnc(SCc2ccccc2)s1)N/N=C/C(Br)=C/c1ccccc1. The van der Waals surface area contributed by atoms with E-state index >= 15 is 0 Å². The molecule has 0 aliphatic rings. The second-order valence-corrected chi connectivity index (χ2v) is 9.97. The van der Waals surface area contributed by atoms with Crippen LogP contribution in [-0.2, 0) is 10.5 Å². The van der Waals surface area contributed by atoms with Crippen molar-refractivity contribution >= 4 is 69.0 Å². The molecule has 0 radical (unpaired) electrons. The fourth-order valence-electron chi connectivity index (χ4n) is 2.10. The van der Waals surface area contributed by atoms with Crippen LogP contribution in [0.5, 0.6) is 0 Å². The molecule has 0 saturated carbocycles. The second kappa shape index (κ2) is 11.9. The van der Waals surface area contributed by atoms with E-state index in [0.717, 1.165) is 24.5 Å². The number of allylic oxidation sites excluding steroid dienone is 1. The Morgan fingerprint density at radius 2 is 1.69 bits per heavy atom. The van der Waals surface area contributed by atoms with Crippen LogP contribution in [0.25, 0.3) is 6.08 Å². The van der Waals surface area contributed by atoms with Crippen LogP contribution in [0.2, 0.25) is 0 Å². The lowest BCUT2D eigenvalue weighted by atomic mass is 10.2. The first-order valence-electron chi connectivity index (χ1n) is 8.56. The minimum absolute atomic E-state index is 0.194. The number of benzene rings is 2. The molecule has 29 heavy (non-hydrogen) atoms. The van der Waals surface area contributed by atoms with Crippen molar-refractivity contribution in [2.24, 2.45) is 5.10 Å². The number of amides is 1. The molecule has 3 rings (SSSR count). The van der Waals surface area contributed by atoms with E-state index in [1.165, 1.54) is 28.7 Å². The molecule has 1 aromatic heterocycles. The van der Waals surface area contributed by atoms with Gasteiger partial charge >= 0.3 is 0 Å². The molecule has 0 atom stereocenters. The maximum Gasteiger partial charge on any atom is 0.250 e. The Hall–Kier alpha value is -1.94. The van der Waals surface area contributed by atoms with E-state index in [1.54, 1.807) is 18.0 Å². The third-order valence-electron chi connectivity index (χ3n) is 3.40. The number of carbonyl (C=O) groups excluding carboxylic acids is 1. The Morgan fingerprint density at radius 3 is 2.41 bits per heavy atom. The number of nitrogens with one attached hydrogen (secondary N) is 1. The second-order valence-electron chi connectivity index (χ2n) is 5.63. The average Bonchev–Trinajstić information content (AvgIpc) is 3.20. The van der Waals surface area contributed by atoms with E-state index in [0.29, 0.717) is 0 Å². The van der Waals surface area contributed by atoms with E-state index in [4.69, 9.17) is 0 Å². The van der Waals surface area contributed by atoms with Crippen LogP contribution in [-0.4, -0.2) is 28.1 Å². The molecular weight excluding hydrogens is 488 g/mol. The minimum atomic E-state index is -0.194. The van der Waals surface area contributed by atoms with Gasteiger partial charge in [-0.25, -0.2) is 5.43 Å². The summed E-state index contributed by atoms with van der Waals surface area (Å²) in [5.74, 6) is 0.885. The first-order chi connectivity index (χ1) is 14.2. The summed E-state index contributed by atoms with van der Waals surface area (Å²) in [7, 11) is 0. The van der Waals surface area contributed by atoms with E-state index in [1.807, 2.05) is 54.6 Å². The van der Waals surface area contributed by atoms with Gasteiger partial charge in [0, 0.05) is 10.2 Å². The Labute approximate surface area is 190 Å². The highest BCUT2D eigenvalue weighted by molar-refractivity contribution is 9.12. The number of aromatic nitrogens is 2. The summed E-state index contributed by atoms with van der Waals surface area (Å²) in [6.45, 7) is 0. The van der Waals surface area contributed by atoms with Gasteiger partial charge in [-0.3, -0.25) is 4.79 Å². The Bertz CT molecular complexity index is 978. The molecule has 0 aliphatic carbocycles. The maximum absolute atomic E-state index is 11.9. The van der Waals surface area contributed by atoms with E-state index in [2.05, 4.69) is 48.8 Å². The number of carbonyl (C=O) groups is 1. The summed E-state index contributed by atoms with van der Waals surface area (Å²) in [5.41, 5.74) is 4.80. The van der Waals surface area contributed by atoms with Crippen LogP contribution in [0, 0.1) is 0 Å². The molecule has 0 saturated heterocycles. The molecule has 1 amide bonds. The highest BCUT2D eigenvalue weighted by Gasteiger charge is 2.08. The van der Waals surface area contributed by atoms with Crippen LogP contribution in [0.1, 0.15) is 11.1 Å². The van der Waals surface area contributed by atoms with E-state index < -0.39 is 0 Å². The van der Waals surface area contributed by atoms with Crippen LogP contribution in [0.15, 0.2) is 78.9 Å². The van der Waals surface area contributed by atoms with Crippen molar-refractivity contribution in [3.05, 3.63) is 76.3 Å². The van der Waals surface area contributed by atoms with E-state index in [9.17, 15) is 4.79 Å². The summed E-state index contributed by atoms with van der Waals surface area (Å²) >= 11 is 7.90. The van der Waals surface area contributed by atoms with Crippen molar-refractivity contribution in [2.45, 2.75) is 14.4 Å². The zero-order chi connectivity index (χ0) is 20.3. The zero-order valence-electron chi connectivity index (χ0n) is 15.2. The summed E-state index contributed by atoms with van der Waals surface area (Å²) in [4.78, 5) is 11.9. The third-order valence-corrected chi connectivity index (χ3v) is 7.10.